The Morgan fingerprint density at radius 2 is 1.95 bits per heavy atom. The number of nitrogens with one attached hydrogen (secondary N) is 1. The number of rotatable bonds is 8. The molecule has 21 heavy (non-hydrogen) atoms. The van der Waals surface area contributed by atoms with Gasteiger partial charge in [0.1, 0.15) is 5.82 Å². The first-order chi connectivity index (χ1) is 10.2. The molecular formula is C17H24N4. The molecule has 0 bridgehead atoms. The lowest BCUT2D eigenvalue weighted by atomic mass is 10.2. The van der Waals surface area contributed by atoms with Gasteiger partial charge in [0.25, 0.3) is 0 Å². The van der Waals surface area contributed by atoms with Gasteiger partial charge in [-0.05, 0) is 45.1 Å². The summed E-state index contributed by atoms with van der Waals surface area (Å²) < 4.78 is 0. The minimum absolute atomic E-state index is 0.811. The molecule has 0 aliphatic rings. The Labute approximate surface area is 127 Å². The molecule has 112 valence electrons. The van der Waals surface area contributed by atoms with Crippen molar-refractivity contribution in [3.8, 4) is 0 Å². The molecular weight excluding hydrogens is 260 g/mol. The maximum absolute atomic E-state index is 4.38. The van der Waals surface area contributed by atoms with Gasteiger partial charge in [0.2, 0.25) is 0 Å². The van der Waals surface area contributed by atoms with E-state index in [1.807, 2.05) is 19.2 Å². The number of aromatic nitrogens is 2. The summed E-state index contributed by atoms with van der Waals surface area (Å²) in [5.74, 6) is 0.830. The molecule has 0 atom stereocenters. The van der Waals surface area contributed by atoms with Crippen LogP contribution < -0.4 is 5.32 Å². The van der Waals surface area contributed by atoms with E-state index < -0.39 is 0 Å². The molecule has 1 N–H and O–H groups in total. The molecule has 0 aliphatic heterocycles. The van der Waals surface area contributed by atoms with Gasteiger partial charge in [-0.25, -0.2) is 9.97 Å². The van der Waals surface area contributed by atoms with Gasteiger partial charge in [-0.3, -0.25) is 0 Å². The predicted molar refractivity (Wildman–Crippen MR) is 85.9 cm³/mol. The van der Waals surface area contributed by atoms with Crippen molar-refractivity contribution in [3.63, 3.8) is 0 Å². The quantitative estimate of drug-likeness (QED) is 0.756. The molecule has 0 fully saturated rings. The third-order valence-electron chi connectivity index (χ3n) is 3.33. The highest BCUT2D eigenvalue weighted by molar-refractivity contribution is 5.14. The van der Waals surface area contributed by atoms with Crippen LogP contribution >= 0.6 is 0 Å². The summed E-state index contributed by atoms with van der Waals surface area (Å²) in [5.41, 5.74) is 2.42. The molecule has 0 spiro atoms. The van der Waals surface area contributed by atoms with Crippen molar-refractivity contribution in [1.82, 2.24) is 20.2 Å². The fourth-order valence-electron chi connectivity index (χ4n) is 2.27. The second kappa shape index (κ2) is 8.49. The molecule has 1 aromatic carbocycles. The summed E-state index contributed by atoms with van der Waals surface area (Å²) in [6.45, 7) is 5.83. The zero-order chi connectivity index (χ0) is 14.9. The van der Waals surface area contributed by atoms with E-state index in [1.54, 1.807) is 0 Å². The predicted octanol–water partition coefficient (Wildman–Crippen LogP) is 2.40. The molecule has 0 amide bonds. The van der Waals surface area contributed by atoms with E-state index in [0.717, 1.165) is 44.1 Å². The van der Waals surface area contributed by atoms with Crippen LogP contribution in [0.15, 0.2) is 42.6 Å². The smallest absolute Gasteiger partial charge is 0.125 e. The Balaban J connectivity index is 1.59. The summed E-state index contributed by atoms with van der Waals surface area (Å²) in [6, 6.07) is 12.5. The van der Waals surface area contributed by atoms with Gasteiger partial charge in [0.05, 0.1) is 5.69 Å². The minimum Gasteiger partial charge on any atom is -0.311 e. The monoisotopic (exact) mass is 284 g/mol. The van der Waals surface area contributed by atoms with Gasteiger partial charge in [-0.1, -0.05) is 30.3 Å². The van der Waals surface area contributed by atoms with Crippen LogP contribution in [-0.4, -0.2) is 35.0 Å². The van der Waals surface area contributed by atoms with Crippen LogP contribution in [0.5, 0.6) is 0 Å². The Morgan fingerprint density at radius 3 is 2.71 bits per heavy atom. The van der Waals surface area contributed by atoms with Crippen LogP contribution in [0.25, 0.3) is 0 Å². The first kappa shape index (κ1) is 15.6. The lowest BCUT2D eigenvalue weighted by molar-refractivity contribution is 0.319. The third kappa shape index (κ3) is 6.02. The second-order valence-corrected chi connectivity index (χ2v) is 5.35. The molecule has 4 heteroatoms. The highest BCUT2D eigenvalue weighted by atomic mass is 15.1. The Morgan fingerprint density at radius 1 is 1.14 bits per heavy atom. The number of benzene rings is 1. The van der Waals surface area contributed by atoms with Crippen molar-refractivity contribution in [2.24, 2.45) is 0 Å². The average molecular weight is 284 g/mol. The Hall–Kier alpha value is -1.78. The maximum atomic E-state index is 4.38. The molecule has 0 aliphatic carbocycles. The van der Waals surface area contributed by atoms with E-state index in [1.165, 1.54) is 5.56 Å². The maximum Gasteiger partial charge on any atom is 0.125 e. The molecule has 0 saturated carbocycles. The summed E-state index contributed by atoms with van der Waals surface area (Å²) in [7, 11) is 2.17. The summed E-state index contributed by atoms with van der Waals surface area (Å²) in [6.07, 6.45) is 2.94. The van der Waals surface area contributed by atoms with Crippen LogP contribution in [0.3, 0.4) is 0 Å². The molecule has 0 radical (unpaired) electrons. The van der Waals surface area contributed by atoms with E-state index in [4.69, 9.17) is 0 Å². The van der Waals surface area contributed by atoms with Gasteiger partial charge in [0.15, 0.2) is 0 Å². The highest BCUT2D eigenvalue weighted by Gasteiger charge is 2.00. The van der Waals surface area contributed by atoms with E-state index in [-0.39, 0.29) is 0 Å². The van der Waals surface area contributed by atoms with E-state index in [2.05, 4.69) is 57.6 Å². The fourth-order valence-corrected chi connectivity index (χ4v) is 2.27. The van der Waals surface area contributed by atoms with Crippen LogP contribution in [0.2, 0.25) is 0 Å². The van der Waals surface area contributed by atoms with E-state index >= 15 is 0 Å². The SMILES string of the molecule is Cc1nccc(CNCCCN(C)Cc2ccccc2)n1. The van der Waals surface area contributed by atoms with Crippen LogP contribution in [0.1, 0.15) is 23.5 Å². The van der Waals surface area contributed by atoms with Crippen LogP contribution in [0, 0.1) is 6.92 Å². The number of aryl methyl sites for hydroxylation is 1. The van der Waals surface area contributed by atoms with E-state index in [9.17, 15) is 0 Å². The zero-order valence-electron chi connectivity index (χ0n) is 12.9. The standard InChI is InChI=1S/C17H24N4/c1-15-19-11-9-17(20-15)13-18-10-6-12-21(2)14-16-7-4-3-5-8-16/h3-5,7-9,11,18H,6,10,12-14H2,1-2H3. The third-order valence-corrected chi connectivity index (χ3v) is 3.33. The summed E-state index contributed by atoms with van der Waals surface area (Å²) >= 11 is 0. The minimum atomic E-state index is 0.811. The van der Waals surface area contributed by atoms with Crippen LogP contribution in [-0.2, 0) is 13.1 Å². The number of hydrogen-bond donors (Lipinski definition) is 1. The molecule has 1 heterocycles. The molecule has 2 aromatic rings. The van der Waals surface area contributed by atoms with Gasteiger partial charge in [0, 0.05) is 19.3 Å². The van der Waals surface area contributed by atoms with E-state index in [0.29, 0.717) is 0 Å². The topological polar surface area (TPSA) is 41.1 Å². The highest BCUT2D eigenvalue weighted by Crippen LogP contribution is 2.02. The normalized spacial score (nSPS) is 11.0. The Kier molecular flexibility index (Phi) is 6.31. The second-order valence-electron chi connectivity index (χ2n) is 5.35. The fraction of sp³-hybridized carbons (Fsp3) is 0.412. The molecule has 0 saturated heterocycles. The zero-order valence-corrected chi connectivity index (χ0v) is 12.9. The molecule has 2 rings (SSSR count). The van der Waals surface area contributed by atoms with Crippen molar-refractivity contribution in [2.45, 2.75) is 26.4 Å². The van der Waals surface area contributed by atoms with Crippen molar-refractivity contribution in [1.29, 1.82) is 0 Å². The van der Waals surface area contributed by atoms with Gasteiger partial charge in [-0.2, -0.15) is 0 Å². The lowest BCUT2D eigenvalue weighted by Crippen LogP contribution is -2.24. The number of nitrogens with zero attached hydrogens (tertiary/aromatic N) is 3. The Bertz CT molecular complexity index is 527. The first-order valence-electron chi connectivity index (χ1n) is 7.46. The molecule has 1 aromatic heterocycles. The average Bonchev–Trinajstić information content (AvgIpc) is 2.48. The largest absolute Gasteiger partial charge is 0.311 e. The number of hydrogen-bond acceptors (Lipinski definition) is 4. The van der Waals surface area contributed by atoms with Crippen LogP contribution in [0.4, 0.5) is 0 Å². The van der Waals surface area contributed by atoms with Gasteiger partial charge < -0.3 is 10.2 Å². The van der Waals surface area contributed by atoms with Crippen molar-refractivity contribution >= 4 is 0 Å². The van der Waals surface area contributed by atoms with Crippen molar-refractivity contribution in [3.05, 3.63) is 59.7 Å². The molecule has 4 nitrogen and oxygen atoms in total. The van der Waals surface area contributed by atoms with Gasteiger partial charge >= 0.3 is 0 Å². The summed E-state index contributed by atoms with van der Waals surface area (Å²) in [4.78, 5) is 10.8. The van der Waals surface area contributed by atoms with Crippen molar-refractivity contribution in [2.75, 3.05) is 20.1 Å². The molecule has 0 unspecified atom stereocenters. The lowest BCUT2D eigenvalue weighted by Gasteiger charge is -2.16. The summed E-state index contributed by atoms with van der Waals surface area (Å²) in [5, 5.41) is 3.43. The first-order valence-corrected chi connectivity index (χ1v) is 7.46. The van der Waals surface area contributed by atoms with Crippen molar-refractivity contribution < 1.29 is 0 Å². The van der Waals surface area contributed by atoms with Gasteiger partial charge in [-0.15, -0.1) is 0 Å².